The van der Waals surface area contributed by atoms with Gasteiger partial charge in [-0.05, 0) is 23.6 Å². The SMILES string of the molecule is O=C(O)C1CN(C(=O)c2sccc2-n2cccc2)CCO1. The van der Waals surface area contributed by atoms with Gasteiger partial charge in [0.1, 0.15) is 4.88 Å². The van der Waals surface area contributed by atoms with Crippen molar-refractivity contribution in [2.24, 2.45) is 0 Å². The molecule has 0 spiro atoms. The van der Waals surface area contributed by atoms with Crippen LogP contribution >= 0.6 is 11.3 Å². The molecule has 1 aliphatic rings. The molecule has 110 valence electrons. The van der Waals surface area contributed by atoms with Crippen molar-refractivity contribution < 1.29 is 19.4 Å². The van der Waals surface area contributed by atoms with E-state index in [1.165, 1.54) is 11.3 Å². The van der Waals surface area contributed by atoms with Gasteiger partial charge in [-0.3, -0.25) is 4.79 Å². The Bertz CT molecular complexity index is 650. The number of morpholine rings is 1. The highest BCUT2D eigenvalue weighted by atomic mass is 32.1. The largest absolute Gasteiger partial charge is 0.479 e. The zero-order valence-corrected chi connectivity index (χ0v) is 12.0. The summed E-state index contributed by atoms with van der Waals surface area (Å²) >= 11 is 1.36. The van der Waals surface area contributed by atoms with Crippen molar-refractivity contribution in [3.05, 3.63) is 40.8 Å². The van der Waals surface area contributed by atoms with E-state index >= 15 is 0 Å². The Balaban J connectivity index is 1.83. The number of carbonyl (C=O) groups excluding carboxylic acids is 1. The molecule has 0 radical (unpaired) electrons. The molecule has 3 rings (SSSR count). The molecule has 1 saturated heterocycles. The van der Waals surface area contributed by atoms with E-state index in [9.17, 15) is 9.59 Å². The third-order valence-corrected chi connectivity index (χ3v) is 4.24. The first-order valence-electron chi connectivity index (χ1n) is 6.51. The predicted molar refractivity (Wildman–Crippen MR) is 76.9 cm³/mol. The van der Waals surface area contributed by atoms with Crippen LogP contribution in [0.3, 0.4) is 0 Å². The third kappa shape index (κ3) is 2.70. The molecule has 21 heavy (non-hydrogen) atoms. The number of aliphatic carboxylic acids is 1. The quantitative estimate of drug-likeness (QED) is 0.932. The van der Waals surface area contributed by atoms with Crippen LogP contribution in [0, 0.1) is 0 Å². The van der Waals surface area contributed by atoms with Gasteiger partial charge in [-0.2, -0.15) is 0 Å². The van der Waals surface area contributed by atoms with Crippen molar-refractivity contribution in [3.63, 3.8) is 0 Å². The number of carboxylic acids is 1. The Hall–Kier alpha value is -2.12. The predicted octanol–water partition coefficient (Wildman–Crippen LogP) is 1.46. The van der Waals surface area contributed by atoms with Gasteiger partial charge in [0.2, 0.25) is 0 Å². The van der Waals surface area contributed by atoms with Crippen molar-refractivity contribution in [2.45, 2.75) is 6.10 Å². The number of carbonyl (C=O) groups is 2. The summed E-state index contributed by atoms with van der Waals surface area (Å²) in [5.74, 6) is -1.19. The molecular formula is C14H14N2O4S. The molecule has 1 unspecified atom stereocenters. The second kappa shape index (κ2) is 5.71. The van der Waals surface area contributed by atoms with Gasteiger partial charge < -0.3 is 19.3 Å². The first-order valence-corrected chi connectivity index (χ1v) is 7.39. The van der Waals surface area contributed by atoms with Crippen molar-refractivity contribution in [1.82, 2.24) is 9.47 Å². The molecule has 1 amide bonds. The summed E-state index contributed by atoms with van der Waals surface area (Å²) in [5, 5.41) is 10.9. The van der Waals surface area contributed by atoms with E-state index in [4.69, 9.17) is 9.84 Å². The molecule has 1 fully saturated rings. The fourth-order valence-electron chi connectivity index (χ4n) is 2.29. The van der Waals surface area contributed by atoms with Crippen LogP contribution in [0.15, 0.2) is 36.0 Å². The summed E-state index contributed by atoms with van der Waals surface area (Å²) in [4.78, 5) is 25.8. The minimum absolute atomic E-state index is 0.0805. The fraction of sp³-hybridized carbons (Fsp3) is 0.286. The second-order valence-electron chi connectivity index (χ2n) is 4.67. The van der Waals surface area contributed by atoms with Crippen LogP contribution in [0.25, 0.3) is 5.69 Å². The van der Waals surface area contributed by atoms with Gasteiger partial charge in [0.25, 0.3) is 5.91 Å². The van der Waals surface area contributed by atoms with Crippen molar-refractivity contribution in [3.8, 4) is 5.69 Å². The molecule has 3 heterocycles. The van der Waals surface area contributed by atoms with E-state index in [2.05, 4.69) is 0 Å². The Kier molecular flexibility index (Phi) is 3.76. The van der Waals surface area contributed by atoms with Gasteiger partial charge in [0, 0.05) is 18.9 Å². The van der Waals surface area contributed by atoms with Gasteiger partial charge in [0.05, 0.1) is 18.8 Å². The summed E-state index contributed by atoms with van der Waals surface area (Å²) in [6.07, 6.45) is 2.80. The number of hydrogen-bond acceptors (Lipinski definition) is 4. The number of amides is 1. The minimum Gasteiger partial charge on any atom is -0.479 e. The van der Waals surface area contributed by atoms with Crippen LogP contribution in [0.5, 0.6) is 0 Å². The van der Waals surface area contributed by atoms with E-state index in [0.717, 1.165) is 5.69 Å². The molecule has 0 aliphatic carbocycles. The summed E-state index contributed by atoms with van der Waals surface area (Å²) in [5.41, 5.74) is 0.813. The summed E-state index contributed by atoms with van der Waals surface area (Å²) in [6.45, 7) is 0.732. The number of carboxylic acid groups (broad SMARTS) is 1. The van der Waals surface area contributed by atoms with E-state index in [-0.39, 0.29) is 19.1 Å². The summed E-state index contributed by atoms with van der Waals surface area (Å²) < 4.78 is 7.02. The third-order valence-electron chi connectivity index (χ3n) is 3.35. The van der Waals surface area contributed by atoms with E-state index in [1.54, 1.807) is 4.90 Å². The smallest absolute Gasteiger partial charge is 0.334 e. The number of hydrogen-bond donors (Lipinski definition) is 1. The van der Waals surface area contributed by atoms with Gasteiger partial charge in [-0.1, -0.05) is 0 Å². The average molecular weight is 306 g/mol. The number of thiophene rings is 1. The second-order valence-corrected chi connectivity index (χ2v) is 5.59. The van der Waals surface area contributed by atoms with Gasteiger partial charge in [-0.15, -0.1) is 11.3 Å². The first kappa shape index (κ1) is 13.8. The Morgan fingerprint density at radius 2 is 2.10 bits per heavy atom. The minimum atomic E-state index is -1.04. The molecule has 1 aliphatic heterocycles. The highest BCUT2D eigenvalue weighted by molar-refractivity contribution is 7.12. The van der Waals surface area contributed by atoms with E-state index < -0.39 is 12.1 Å². The van der Waals surface area contributed by atoms with Crippen LogP contribution in [0.1, 0.15) is 9.67 Å². The highest BCUT2D eigenvalue weighted by Crippen LogP contribution is 2.24. The standard InChI is InChI=1S/C14H14N2O4S/c17-13(16-6-7-20-11(9-16)14(18)19)12-10(3-8-21-12)15-4-1-2-5-15/h1-5,8,11H,6-7,9H2,(H,18,19). The highest BCUT2D eigenvalue weighted by Gasteiger charge is 2.30. The van der Waals surface area contributed by atoms with E-state index in [0.29, 0.717) is 11.4 Å². The van der Waals surface area contributed by atoms with Crippen LogP contribution < -0.4 is 0 Å². The van der Waals surface area contributed by atoms with Crippen LogP contribution in [0.2, 0.25) is 0 Å². The maximum atomic E-state index is 12.6. The average Bonchev–Trinajstić information content (AvgIpc) is 3.17. The zero-order valence-electron chi connectivity index (χ0n) is 11.1. The molecule has 1 N–H and O–H groups in total. The Morgan fingerprint density at radius 3 is 2.81 bits per heavy atom. The number of ether oxygens (including phenoxy) is 1. The van der Waals surface area contributed by atoms with Crippen LogP contribution in [-0.4, -0.2) is 52.3 Å². The number of rotatable bonds is 3. The lowest BCUT2D eigenvalue weighted by Gasteiger charge is -2.30. The summed E-state index contributed by atoms with van der Waals surface area (Å²) in [6, 6.07) is 5.66. The van der Waals surface area contributed by atoms with Gasteiger partial charge in [-0.25, -0.2) is 4.79 Å². The fourth-order valence-corrected chi connectivity index (χ4v) is 3.14. The maximum Gasteiger partial charge on any atom is 0.334 e. The number of nitrogens with zero attached hydrogens (tertiary/aromatic N) is 2. The summed E-state index contributed by atoms with van der Waals surface area (Å²) in [7, 11) is 0. The van der Waals surface area contributed by atoms with E-state index in [1.807, 2.05) is 40.5 Å². The molecule has 7 heteroatoms. The van der Waals surface area contributed by atoms with Crippen molar-refractivity contribution >= 4 is 23.2 Å². The normalized spacial score (nSPS) is 18.7. The van der Waals surface area contributed by atoms with Crippen molar-refractivity contribution in [1.29, 1.82) is 0 Å². The van der Waals surface area contributed by atoms with Gasteiger partial charge in [0.15, 0.2) is 6.10 Å². The lowest BCUT2D eigenvalue weighted by molar-refractivity contribution is -0.154. The Labute approximate surface area is 125 Å². The monoisotopic (exact) mass is 306 g/mol. The van der Waals surface area contributed by atoms with Crippen molar-refractivity contribution in [2.75, 3.05) is 19.7 Å². The molecule has 6 nitrogen and oxygen atoms in total. The molecule has 0 saturated carbocycles. The number of aromatic nitrogens is 1. The molecule has 2 aromatic heterocycles. The molecular weight excluding hydrogens is 292 g/mol. The topological polar surface area (TPSA) is 71.8 Å². The van der Waals surface area contributed by atoms with Crippen LogP contribution in [0.4, 0.5) is 0 Å². The molecule has 0 aromatic carbocycles. The molecule has 1 atom stereocenters. The maximum absolute atomic E-state index is 12.6. The lowest BCUT2D eigenvalue weighted by atomic mass is 10.2. The lowest BCUT2D eigenvalue weighted by Crippen LogP contribution is -2.48. The zero-order chi connectivity index (χ0) is 14.8. The first-order chi connectivity index (χ1) is 10.2. The Morgan fingerprint density at radius 1 is 1.33 bits per heavy atom. The molecule has 0 bridgehead atoms. The molecule has 2 aromatic rings. The van der Waals surface area contributed by atoms with Crippen LogP contribution in [-0.2, 0) is 9.53 Å². The van der Waals surface area contributed by atoms with Gasteiger partial charge >= 0.3 is 5.97 Å².